The van der Waals surface area contributed by atoms with Gasteiger partial charge in [0.25, 0.3) is 11.8 Å². The van der Waals surface area contributed by atoms with Crippen molar-refractivity contribution in [1.82, 2.24) is 15.0 Å². The lowest BCUT2D eigenvalue weighted by Gasteiger charge is -2.26. The zero-order valence-corrected chi connectivity index (χ0v) is 14.3. The van der Waals surface area contributed by atoms with Gasteiger partial charge in [-0.3, -0.25) is 9.59 Å². The molecule has 0 saturated carbocycles. The summed E-state index contributed by atoms with van der Waals surface area (Å²) in [6.07, 6.45) is 0.764. The molecule has 8 nitrogen and oxygen atoms in total. The molecule has 132 valence electrons. The Balaban J connectivity index is 1.72. The van der Waals surface area contributed by atoms with Crippen molar-refractivity contribution in [2.75, 3.05) is 47.0 Å². The number of likely N-dealkylation sites (tertiary alicyclic amines) is 2. The van der Waals surface area contributed by atoms with Gasteiger partial charge in [-0.05, 0) is 17.5 Å². The number of nitrogens with zero attached hydrogens (tertiary/aromatic N) is 3. The van der Waals surface area contributed by atoms with E-state index in [9.17, 15) is 9.59 Å². The van der Waals surface area contributed by atoms with Crippen molar-refractivity contribution in [2.24, 2.45) is 11.3 Å². The topological polar surface area (TPSA) is 85.1 Å². The average molecular weight is 337 g/mol. The molecule has 0 aliphatic carbocycles. The number of carbonyl (C=O) groups is 2. The number of amides is 2. The van der Waals surface area contributed by atoms with Crippen molar-refractivity contribution in [3.63, 3.8) is 0 Å². The monoisotopic (exact) mass is 337 g/mol. The fourth-order valence-electron chi connectivity index (χ4n) is 3.71. The maximum Gasteiger partial charge on any atom is 0.292 e. The van der Waals surface area contributed by atoms with Crippen LogP contribution in [0.1, 0.15) is 23.9 Å². The number of methoxy groups -OCH3 is 2. The third kappa shape index (κ3) is 2.64. The number of carbonyl (C=O) groups excluding carboxylic acids is 2. The molecule has 1 spiro atoms. The van der Waals surface area contributed by atoms with Gasteiger partial charge in [-0.2, -0.15) is 0 Å². The molecule has 3 heterocycles. The Labute approximate surface area is 140 Å². The van der Waals surface area contributed by atoms with Crippen molar-refractivity contribution >= 4 is 11.8 Å². The molecule has 2 aliphatic heterocycles. The molecule has 0 bridgehead atoms. The second kappa shape index (κ2) is 6.43. The van der Waals surface area contributed by atoms with Crippen molar-refractivity contribution < 1.29 is 23.6 Å². The van der Waals surface area contributed by atoms with Crippen LogP contribution in [0.15, 0.2) is 10.6 Å². The Morgan fingerprint density at radius 1 is 1.50 bits per heavy atom. The lowest BCUT2D eigenvalue weighted by molar-refractivity contribution is -0.137. The van der Waals surface area contributed by atoms with Gasteiger partial charge in [-0.15, -0.1) is 0 Å². The van der Waals surface area contributed by atoms with Crippen LogP contribution in [-0.4, -0.2) is 73.8 Å². The van der Waals surface area contributed by atoms with Crippen LogP contribution in [0.25, 0.3) is 0 Å². The van der Waals surface area contributed by atoms with Crippen LogP contribution >= 0.6 is 0 Å². The Morgan fingerprint density at radius 3 is 2.96 bits per heavy atom. The maximum absolute atomic E-state index is 12.9. The SMILES string of the molecule is COCCN1CC[C@]2(CN(C(=O)c3cc(OC)no3)C[C@H]2C)C1=O. The lowest BCUT2D eigenvalue weighted by atomic mass is 9.78. The van der Waals surface area contributed by atoms with Gasteiger partial charge in [-0.25, -0.2) is 0 Å². The molecule has 2 atom stereocenters. The van der Waals surface area contributed by atoms with Crippen molar-refractivity contribution in [1.29, 1.82) is 0 Å². The third-order valence-electron chi connectivity index (χ3n) is 5.21. The first kappa shape index (κ1) is 16.8. The number of hydrogen-bond acceptors (Lipinski definition) is 6. The fraction of sp³-hybridized carbons (Fsp3) is 0.688. The van der Waals surface area contributed by atoms with Crippen LogP contribution < -0.4 is 4.74 Å². The van der Waals surface area contributed by atoms with Crippen LogP contribution in [0.3, 0.4) is 0 Å². The van der Waals surface area contributed by atoms with Crippen LogP contribution in [0.5, 0.6) is 5.88 Å². The zero-order valence-electron chi connectivity index (χ0n) is 14.3. The first-order chi connectivity index (χ1) is 11.5. The average Bonchev–Trinajstić information content (AvgIpc) is 3.26. The molecule has 8 heteroatoms. The van der Waals surface area contributed by atoms with Crippen LogP contribution in [0.4, 0.5) is 0 Å². The van der Waals surface area contributed by atoms with E-state index in [1.54, 1.807) is 12.0 Å². The molecule has 0 unspecified atom stereocenters. The number of rotatable bonds is 5. The molecule has 1 aromatic rings. The van der Waals surface area contributed by atoms with E-state index in [4.69, 9.17) is 14.0 Å². The van der Waals surface area contributed by atoms with E-state index in [0.29, 0.717) is 32.8 Å². The normalized spacial score (nSPS) is 26.6. The van der Waals surface area contributed by atoms with Gasteiger partial charge in [0.2, 0.25) is 11.7 Å². The molecule has 0 N–H and O–H groups in total. The number of hydrogen-bond donors (Lipinski definition) is 0. The van der Waals surface area contributed by atoms with Crippen molar-refractivity contribution in [2.45, 2.75) is 13.3 Å². The van der Waals surface area contributed by atoms with Gasteiger partial charge < -0.3 is 23.8 Å². The van der Waals surface area contributed by atoms with E-state index in [0.717, 1.165) is 6.42 Å². The Morgan fingerprint density at radius 2 is 2.29 bits per heavy atom. The summed E-state index contributed by atoms with van der Waals surface area (Å²) in [7, 11) is 3.09. The Hall–Kier alpha value is -2.09. The molecule has 24 heavy (non-hydrogen) atoms. The quantitative estimate of drug-likeness (QED) is 0.784. The fourth-order valence-corrected chi connectivity index (χ4v) is 3.71. The largest absolute Gasteiger partial charge is 0.479 e. The zero-order chi connectivity index (χ0) is 17.3. The highest BCUT2D eigenvalue weighted by atomic mass is 16.5. The van der Waals surface area contributed by atoms with Crippen LogP contribution in [-0.2, 0) is 9.53 Å². The molecule has 1 aromatic heterocycles. The summed E-state index contributed by atoms with van der Waals surface area (Å²) in [5.41, 5.74) is -0.493. The van der Waals surface area contributed by atoms with E-state index in [1.807, 2.05) is 11.8 Å². The molecule has 0 radical (unpaired) electrons. The number of aromatic nitrogens is 1. The minimum absolute atomic E-state index is 0.103. The third-order valence-corrected chi connectivity index (χ3v) is 5.21. The molecule has 3 rings (SSSR count). The summed E-state index contributed by atoms with van der Waals surface area (Å²) in [5.74, 6) is 0.377. The summed E-state index contributed by atoms with van der Waals surface area (Å²) in [5, 5.41) is 3.66. The van der Waals surface area contributed by atoms with Gasteiger partial charge in [0, 0.05) is 33.3 Å². The summed E-state index contributed by atoms with van der Waals surface area (Å²) in [4.78, 5) is 29.0. The first-order valence-corrected chi connectivity index (χ1v) is 8.10. The highest BCUT2D eigenvalue weighted by molar-refractivity contribution is 5.93. The molecular formula is C16H23N3O5. The van der Waals surface area contributed by atoms with E-state index in [1.165, 1.54) is 13.2 Å². The predicted molar refractivity (Wildman–Crippen MR) is 83.6 cm³/mol. The van der Waals surface area contributed by atoms with Gasteiger partial charge in [0.05, 0.1) is 25.2 Å². The number of ether oxygens (including phenoxy) is 2. The van der Waals surface area contributed by atoms with Gasteiger partial charge in [0.1, 0.15) is 0 Å². The molecule has 2 amide bonds. The molecular weight excluding hydrogens is 314 g/mol. The minimum atomic E-state index is -0.493. The minimum Gasteiger partial charge on any atom is -0.479 e. The molecule has 2 fully saturated rings. The lowest BCUT2D eigenvalue weighted by Crippen LogP contribution is -2.41. The van der Waals surface area contributed by atoms with E-state index in [-0.39, 0.29) is 29.4 Å². The first-order valence-electron chi connectivity index (χ1n) is 8.10. The van der Waals surface area contributed by atoms with Crippen molar-refractivity contribution in [3.05, 3.63) is 11.8 Å². The molecule has 2 saturated heterocycles. The van der Waals surface area contributed by atoms with Crippen LogP contribution in [0, 0.1) is 11.3 Å². The van der Waals surface area contributed by atoms with E-state index < -0.39 is 5.41 Å². The summed E-state index contributed by atoms with van der Waals surface area (Å²) >= 11 is 0. The highest BCUT2D eigenvalue weighted by Crippen LogP contribution is 2.45. The summed E-state index contributed by atoms with van der Waals surface area (Å²) in [6.45, 7) is 4.81. The van der Waals surface area contributed by atoms with Gasteiger partial charge >= 0.3 is 0 Å². The van der Waals surface area contributed by atoms with E-state index >= 15 is 0 Å². The second-order valence-corrected chi connectivity index (χ2v) is 6.51. The summed E-state index contributed by atoms with van der Waals surface area (Å²) in [6, 6.07) is 1.47. The molecule has 0 aromatic carbocycles. The van der Waals surface area contributed by atoms with Crippen molar-refractivity contribution in [3.8, 4) is 5.88 Å². The maximum atomic E-state index is 12.9. The van der Waals surface area contributed by atoms with Gasteiger partial charge in [0.15, 0.2) is 0 Å². The van der Waals surface area contributed by atoms with Crippen LogP contribution in [0.2, 0.25) is 0 Å². The standard InChI is InChI=1S/C16H23N3O5/c1-11-9-19(14(20)12-8-13(23-3)17-24-12)10-16(11)4-5-18(15(16)21)6-7-22-2/h8,11H,4-7,9-10H2,1-3H3/t11-,16-/m1/s1. The summed E-state index contributed by atoms with van der Waals surface area (Å²) < 4.78 is 15.1. The Kier molecular flexibility index (Phi) is 4.49. The highest BCUT2D eigenvalue weighted by Gasteiger charge is 2.56. The van der Waals surface area contributed by atoms with Gasteiger partial charge in [-0.1, -0.05) is 6.92 Å². The second-order valence-electron chi connectivity index (χ2n) is 6.51. The Bertz CT molecular complexity index is 631. The smallest absolute Gasteiger partial charge is 0.292 e. The van der Waals surface area contributed by atoms with E-state index in [2.05, 4.69) is 5.16 Å². The predicted octanol–water partition coefficient (Wildman–Crippen LogP) is 0.640. The molecule has 2 aliphatic rings.